The average molecular weight is 506 g/mol. The van der Waals surface area contributed by atoms with E-state index in [2.05, 4.69) is 10.1 Å². The summed E-state index contributed by atoms with van der Waals surface area (Å²) in [4.78, 5) is 17.5. The number of alkyl halides is 3. The van der Waals surface area contributed by atoms with Crippen molar-refractivity contribution in [1.29, 1.82) is 5.26 Å². The molecule has 1 aromatic heterocycles. The fraction of sp³-hybridized carbons (Fsp3) is 0.111. The van der Waals surface area contributed by atoms with Crippen molar-refractivity contribution < 1.29 is 22.0 Å². The van der Waals surface area contributed by atoms with Gasteiger partial charge in [-0.15, -0.1) is 0 Å². The number of halogens is 5. The molecule has 5 rings (SSSR count). The van der Waals surface area contributed by atoms with Gasteiger partial charge in [0.1, 0.15) is 17.5 Å². The van der Waals surface area contributed by atoms with Gasteiger partial charge in [-0.3, -0.25) is 4.79 Å². The highest BCUT2D eigenvalue weighted by Crippen LogP contribution is 2.37. The summed E-state index contributed by atoms with van der Waals surface area (Å²) in [6.45, 7) is 0. The Kier molecular flexibility index (Phi) is 5.91. The highest BCUT2D eigenvalue weighted by molar-refractivity contribution is 6.07. The Labute approximate surface area is 206 Å². The van der Waals surface area contributed by atoms with E-state index in [4.69, 9.17) is 5.26 Å². The summed E-state index contributed by atoms with van der Waals surface area (Å²) >= 11 is 0. The Hall–Kier alpha value is -4.65. The van der Waals surface area contributed by atoms with Crippen LogP contribution in [0.1, 0.15) is 34.0 Å². The minimum absolute atomic E-state index is 0.0820. The van der Waals surface area contributed by atoms with Crippen LogP contribution in [0.3, 0.4) is 0 Å². The molecule has 0 amide bonds. The lowest BCUT2D eigenvalue weighted by atomic mass is 9.84. The lowest BCUT2D eigenvalue weighted by Crippen LogP contribution is -2.33. The summed E-state index contributed by atoms with van der Waals surface area (Å²) in [5.41, 5.74) is -1.05. The van der Waals surface area contributed by atoms with Crippen LogP contribution in [0.25, 0.3) is 11.3 Å². The second-order valence-corrected chi connectivity index (χ2v) is 8.35. The van der Waals surface area contributed by atoms with Crippen molar-refractivity contribution in [2.75, 3.05) is 0 Å². The number of fused-ring (bicyclic) bond motifs is 1. The number of hydrogen-bond donors (Lipinski definition) is 0. The van der Waals surface area contributed by atoms with Gasteiger partial charge in [0, 0.05) is 35.6 Å². The zero-order valence-corrected chi connectivity index (χ0v) is 18.8. The minimum atomic E-state index is -4.74. The fourth-order valence-corrected chi connectivity index (χ4v) is 4.32. The Morgan fingerprint density at radius 1 is 0.973 bits per heavy atom. The highest BCUT2D eigenvalue weighted by Gasteiger charge is 2.38. The molecule has 0 N–H and O–H groups in total. The third-order valence-electron chi connectivity index (χ3n) is 6.04. The van der Waals surface area contributed by atoms with Gasteiger partial charge >= 0.3 is 6.18 Å². The molecule has 0 fully saturated rings. The summed E-state index contributed by atoms with van der Waals surface area (Å²) in [5.74, 6) is -2.80. The molecule has 0 aliphatic carbocycles. The van der Waals surface area contributed by atoms with Gasteiger partial charge in [0.15, 0.2) is 0 Å². The molecule has 10 heteroatoms. The van der Waals surface area contributed by atoms with Gasteiger partial charge in [0.2, 0.25) is 0 Å². The van der Waals surface area contributed by atoms with Crippen LogP contribution in [0.2, 0.25) is 0 Å². The maximum Gasteiger partial charge on any atom is 0.417 e. The van der Waals surface area contributed by atoms with E-state index in [1.165, 1.54) is 24.3 Å². The van der Waals surface area contributed by atoms with Crippen LogP contribution in [0.5, 0.6) is 0 Å². The van der Waals surface area contributed by atoms with Gasteiger partial charge in [0.25, 0.3) is 5.56 Å². The normalized spacial score (nSPS) is 15.0. The van der Waals surface area contributed by atoms with E-state index in [1.54, 1.807) is 24.3 Å². The van der Waals surface area contributed by atoms with Crippen LogP contribution in [0.15, 0.2) is 82.7 Å². The third-order valence-corrected chi connectivity index (χ3v) is 6.04. The Morgan fingerprint density at radius 3 is 2.38 bits per heavy atom. The predicted molar refractivity (Wildman–Crippen MR) is 125 cm³/mol. The lowest BCUT2D eigenvalue weighted by molar-refractivity contribution is -0.137. The smallest absolute Gasteiger partial charge is 0.267 e. The molecule has 1 aliphatic rings. The Balaban J connectivity index is 1.72. The van der Waals surface area contributed by atoms with Crippen molar-refractivity contribution in [3.8, 4) is 17.3 Å². The van der Waals surface area contributed by atoms with Crippen molar-refractivity contribution in [2.45, 2.75) is 18.5 Å². The van der Waals surface area contributed by atoms with Gasteiger partial charge in [-0.25, -0.2) is 13.8 Å². The number of benzene rings is 3. The molecule has 1 aliphatic heterocycles. The van der Waals surface area contributed by atoms with E-state index in [0.29, 0.717) is 17.2 Å². The second-order valence-electron chi connectivity index (χ2n) is 8.35. The second kappa shape index (κ2) is 9.09. The molecule has 5 nitrogen and oxygen atoms in total. The molecule has 1 unspecified atom stereocenters. The quantitative estimate of drug-likeness (QED) is 0.336. The maximum absolute atomic E-state index is 14.9. The first kappa shape index (κ1) is 24.1. The molecule has 37 heavy (non-hydrogen) atoms. The zero-order valence-electron chi connectivity index (χ0n) is 18.8. The van der Waals surface area contributed by atoms with E-state index in [-0.39, 0.29) is 34.8 Å². The topological polar surface area (TPSA) is 71.0 Å². The summed E-state index contributed by atoms with van der Waals surface area (Å²) in [5, 5.41) is 13.2. The molecule has 184 valence electrons. The van der Waals surface area contributed by atoms with Crippen molar-refractivity contribution in [3.05, 3.63) is 123 Å². The molecule has 0 bridgehead atoms. The molecular weight excluding hydrogens is 491 g/mol. The monoisotopic (exact) mass is 506 g/mol. The van der Waals surface area contributed by atoms with Crippen LogP contribution >= 0.6 is 0 Å². The van der Waals surface area contributed by atoms with Crippen molar-refractivity contribution in [2.24, 2.45) is 5.10 Å². The number of hydrogen-bond acceptors (Lipinski definition) is 4. The zero-order chi connectivity index (χ0) is 26.3. The SMILES string of the molecule is N#Cc1ccc(-c2cc(=O)n3c(n2)CC(c2ccc(F)cc2F)C(c2ccccc2C(F)(F)F)=N3)cc1. The molecule has 4 aromatic rings. The van der Waals surface area contributed by atoms with Gasteiger partial charge in [-0.1, -0.05) is 36.4 Å². The number of nitriles is 1. The summed E-state index contributed by atoms with van der Waals surface area (Å²) in [6, 6.07) is 17.0. The van der Waals surface area contributed by atoms with Crippen LogP contribution in [0, 0.1) is 23.0 Å². The highest BCUT2D eigenvalue weighted by atomic mass is 19.4. The van der Waals surface area contributed by atoms with E-state index in [9.17, 15) is 26.7 Å². The molecule has 0 spiro atoms. The van der Waals surface area contributed by atoms with Crippen molar-refractivity contribution >= 4 is 5.71 Å². The van der Waals surface area contributed by atoms with Crippen molar-refractivity contribution in [1.82, 2.24) is 9.66 Å². The first-order valence-corrected chi connectivity index (χ1v) is 11.0. The van der Waals surface area contributed by atoms with Crippen LogP contribution in [-0.4, -0.2) is 15.4 Å². The summed E-state index contributed by atoms with van der Waals surface area (Å²) in [7, 11) is 0. The predicted octanol–water partition coefficient (Wildman–Crippen LogP) is 5.67. The molecule has 0 radical (unpaired) electrons. The van der Waals surface area contributed by atoms with E-state index < -0.39 is 34.9 Å². The standard InChI is InChI=1S/C27H15F5N4O/c28-17-9-10-18(22(29)11-17)20-12-24-34-23(16-7-5-15(14-33)6-8-16)13-25(37)36(24)35-26(20)19-3-1-2-4-21(19)27(30,31)32/h1-11,13,20H,12H2. The molecule has 0 saturated carbocycles. The third kappa shape index (κ3) is 4.51. The fourth-order valence-electron chi connectivity index (χ4n) is 4.32. The summed E-state index contributed by atoms with van der Waals surface area (Å²) in [6.07, 6.45) is -4.92. The van der Waals surface area contributed by atoms with Gasteiger partial charge in [-0.2, -0.15) is 28.2 Å². The Bertz CT molecular complexity index is 1650. The molecule has 3 aromatic carbocycles. The Morgan fingerprint density at radius 2 is 1.70 bits per heavy atom. The number of aromatic nitrogens is 2. The van der Waals surface area contributed by atoms with Gasteiger partial charge in [-0.05, 0) is 29.8 Å². The number of rotatable bonds is 3. The molecule has 2 heterocycles. The van der Waals surface area contributed by atoms with E-state index >= 15 is 0 Å². The molecule has 1 atom stereocenters. The van der Waals surface area contributed by atoms with Crippen LogP contribution in [-0.2, 0) is 12.6 Å². The minimum Gasteiger partial charge on any atom is -0.267 e. The maximum atomic E-state index is 14.9. The molecule has 0 saturated heterocycles. The van der Waals surface area contributed by atoms with E-state index in [1.807, 2.05) is 6.07 Å². The van der Waals surface area contributed by atoms with Crippen molar-refractivity contribution in [3.63, 3.8) is 0 Å². The lowest BCUT2D eigenvalue weighted by Gasteiger charge is -2.27. The van der Waals surface area contributed by atoms with Crippen LogP contribution in [0.4, 0.5) is 22.0 Å². The summed E-state index contributed by atoms with van der Waals surface area (Å²) < 4.78 is 71.0. The first-order chi connectivity index (χ1) is 17.7. The van der Waals surface area contributed by atoms with Crippen LogP contribution < -0.4 is 5.56 Å². The number of nitrogens with zero attached hydrogens (tertiary/aromatic N) is 4. The largest absolute Gasteiger partial charge is 0.417 e. The van der Waals surface area contributed by atoms with E-state index in [0.717, 1.165) is 22.9 Å². The first-order valence-electron chi connectivity index (χ1n) is 11.0. The molecular formula is C27H15F5N4O. The van der Waals surface area contributed by atoms with Gasteiger partial charge in [0.05, 0.1) is 28.6 Å². The van der Waals surface area contributed by atoms with Gasteiger partial charge < -0.3 is 0 Å². The average Bonchev–Trinajstić information content (AvgIpc) is 2.87.